The summed E-state index contributed by atoms with van der Waals surface area (Å²) in [5.41, 5.74) is 0.878. The summed E-state index contributed by atoms with van der Waals surface area (Å²) >= 11 is 0. The summed E-state index contributed by atoms with van der Waals surface area (Å²) < 4.78 is 13.3. The van der Waals surface area contributed by atoms with Crippen molar-refractivity contribution >= 4 is 5.97 Å². The quantitative estimate of drug-likeness (QED) is 0.791. The molecule has 0 atom stereocenters. The molecule has 1 aromatic carbocycles. The van der Waals surface area contributed by atoms with Crippen LogP contribution in [0.2, 0.25) is 0 Å². The molecule has 0 saturated carbocycles. The van der Waals surface area contributed by atoms with E-state index in [0.717, 1.165) is 0 Å². The van der Waals surface area contributed by atoms with Crippen molar-refractivity contribution in [2.24, 2.45) is 0 Å². The number of H-pyrrole nitrogens is 1. The van der Waals surface area contributed by atoms with Gasteiger partial charge in [-0.2, -0.15) is 0 Å². The lowest BCUT2D eigenvalue weighted by Crippen LogP contribution is -1.95. The van der Waals surface area contributed by atoms with Gasteiger partial charge >= 0.3 is 5.97 Å². The lowest BCUT2D eigenvalue weighted by molar-refractivity contribution is 0.0691. The summed E-state index contributed by atoms with van der Waals surface area (Å²) in [6.45, 7) is 0. The Labute approximate surface area is 85.2 Å². The highest BCUT2D eigenvalue weighted by atomic mass is 19.1. The van der Waals surface area contributed by atoms with Crippen molar-refractivity contribution in [1.82, 2.24) is 4.98 Å². The summed E-state index contributed by atoms with van der Waals surface area (Å²) in [4.78, 5) is 13.2. The van der Waals surface area contributed by atoms with Crippen LogP contribution in [0.5, 0.6) is 0 Å². The summed E-state index contributed by atoms with van der Waals surface area (Å²) in [7, 11) is 0. The number of carboxylic acid groups (broad SMARTS) is 1. The van der Waals surface area contributed by atoms with Gasteiger partial charge in [-0.3, -0.25) is 0 Å². The molecular weight excluding hydrogens is 197 g/mol. The van der Waals surface area contributed by atoms with Crippen molar-refractivity contribution in [3.63, 3.8) is 0 Å². The minimum atomic E-state index is -1.06. The number of rotatable bonds is 2. The Morgan fingerprint density at radius 2 is 1.93 bits per heavy atom. The Morgan fingerprint density at radius 1 is 1.20 bits per heavy atom. The molecule has 0 saturated heterocycles. The predicted molar refractivity (Wildman–Crippen MR) is 53.1 cm³/mol. The van der Waals surface area contributed by atoms with E-state index in [1.54, 1.807) is 24.3 Å². The van der Waals surface area contributed by atoms with Gasteiger partial charge in [-0.05, 0) is 24.3 Å². The van der Waals surface area contributed by atoms with Crippen LogP contribution in [0, 0.1) is 5.82 Å². The third kappa shape index (κ3) is 1.74. The molecule has 4 heteroatoms. The van der Waals surface area contributed by atoms with Crippen molar-refractivity contribution in [3.05, 3.63) is 47.9 Å². The van der Waals surface area contributed by atoms with Gasteiger partial charge in [0.15, 0.2) is 0 Å². The van der Waals surface area contributed by atoms with E-state index >= 15 is 0 Å². The average molecular weight is 205 g/mol. The van der Waals surface area contributed by atoms with Crippen LogP contribution < -0.4 is 0 Å². The molecule has 76 valence electrons. The molecule has 1 aromatic heterocycles. The van der Waals surface area contributed by atoms with Crippen LogP contribution in [-0.4, -0.2) is 16.1 Å². The third-order valence-corrected chi connectivity index (χ3v) is 2.08. The number of hydrogen-bond acceptors (Lipinski definition) is 1. The highest BCUT2D eigenvalue weighted by molar-refractivity contribution is 5.86. The van der Waals surface area contributed by atoms with Crippen LogP contribution in [-0.2, 0) is 0 Å². The van der Waals surface area contributed by atoms with Gasteiger partial charge in [-0.1, -0.05) is 12.1 Å². The van der Waals surface area contributed by atoms with Crippen LogP contribution >= 0.6 is 0 Å². The summed E-state index contributed by atoms with van der Waals surface area (Å²) in [5, 5.41) is 8.69. The Balaban J connectivity index is 2.46. The molecule has 0 radical (unpaired) electrons. The minimum Gasteiger partial charge on any atom is -0.477 e. The first-order chi connectivity index (χ1) is 7.18. The fourth-order valence-electron chi connectivity index (χ4n) is 1.36. The molecule has 3 nitrogen and oxygen atoms in total. The van der Waals surface area contributed by atoms with Crippen LogP contribution in [0.25, 0.3) is 11.3 Å². The van der Waals surface area contributed by atoms with Crippen molar-refractivity contribution in [1.29, 1.82) is 0 Å². The first-order valence-electron chi connectivity index (χ1n) is 4.35. The molecule has 2 N–H and O–H groups in total. The van der Waals surface area contributed by atoms with Crippen LogP contribution in [0.3, 0.4) is 0 Å². The maximum Gasteiger partial charge on any atom is 0.352 e. The smallest absolute Gasteiger partial charge is 0.352 e. The van der Waals surface area contributed by atoms with Crippen molar-refractivity contribution < 1.29 is 14.3 Å². The molecule has 15 heavy (non-hydrogen) atoms. The number of hydrogen-bond donors (Lipinski definition) is 2. The zero-order chi connectivity index (χ0) is 10.8. The Hall–Kier alpha value is -2.10. The van der Waals surface area contributed by atoms with Gasteiger partial charge in [0.1, 0.15) is 11.5 Å². The Kier molecular flexibility index (Phi) is 2.25. The Morgan fingerprint density at radius 3 is 2.53 bits per heavy atom. The largest absolute Gasteiger partial charge is 0.477 e. The first-order valence-corrected chi connectivity index (χ1v) is 4.35. The van der Waals surface area contributed by atoms with E-state index in [-0.39, 0.29) is 11.5 Å². The van der Waals surface area contributed by atoms with Crippen LogP contribution in [0.1, 0.15) is 10.5 Å². The fraction of sp³-hybridized carbons (Fsp3) is 0. The van der Waals surface area contributed by atoms with Crippen molar-refractivity contribution in [3.8, 4) is 11.3 Å². The van der Waals surface area contributed by atoms with E-state index in [2.05, 4.69) is 4.98 Å². The second-order valence-corrected chi connectivity index (χ2v) is 3.07. The number of benzene rings is 1. The van der Waals surface area contributed by atoms with E-state index in [0.29, 0.717) is 11.3 Å². The molecular formula is C11H8FNO2. The molecule has 2 rings (SSSR count). The molecule has 0 fully saturated rings. The maximum atomic E-state index is 13.3. The third-order valence-electron chi connectivity index (χ3n) is 2.08. The second kappa shape index (κ2) is 3.57. The number of nitrogens with one attached hydrogen (secondary N) is 1. The van der Waals surface area contributed by atoms with Gasteiger partial charge in [-0.15, -0.1) is 0 Å². The number of aromatic nitrogens is 1. The SMILES string of the molecule is O=C(O)c1ccc(-c2ccccc2F)[nH]1. The van der Waals surface area contributed by atoms with Gasteiger partial charge in [0, 0.05) is 11.3 Å². The average Bonchev–Trinajstić information content (AvgIpc) is 2.67. The highest BCUT2D eigenvalue weighted by Crippen LogP contribution is 2.21. The number of aromatic carboxylic acids is 1. The summed E-state index contributed by atoms with van der Waals surface area (Å²) in [6, 6.07) is 9.15. The van der Waals surface area contributed by atoms with Crippen molar-refractivity contribution in [2.45, 2.75) is 0 Å². The van der Waals surface area contributed by atoms with Gasteiger partial charge in [0.2, 0.25) is 0 Å². The van der Waals surface area contributed by atoms with Gasteiger partial charge in [0.25, 0.3) is 0 Å². The van der Waals surface area contributed by atoms with Gasteiger partial charge < -0.3 is 10.1 Å². The summed E-state index contributed by atoms with van der Waals surface area (Å²) in [5.74, 6) is -1.44. The molecule has 0 spiro atoms. The van der Waals surface area contributed by atoms with E-state index in [1.807, 2.05) is 0 Å². The lowest BCUT2D eigenvalue weighted by atomic mass is 10.1. The Bertz CT molecular complexity index is 505. The van der Waals surface area contributed by atoms with Crippen LogP contribution in [0.15, 0.2) is 36.4 Å². The number of halogens is 1. The molecule has 0 aliphatic rings. The standard InChI is InChI=1S/C11H8FNO2/c12-8-4-2-1-3-7(8)9-5-6-10(13-9)11(14)15/h1-6,13H,(H,14,15). The lowest BCUT2D eigenvalue weighted by Gasteiger charge is -1.98. The van der Waals surface area contributed by atoms with E-state index in [1.165, 1.54) is 12.1 Å². The highest BCUT2D eigenvalue weighted by Gasteiger charge is 2.09. The topological polar surface area (TPSA) is 53.1 Å². The molecule has 0 unspecified atom stereocenters. The molecule has 0 aliphatic carbocycles. The zero-order valence-electron chi connectivity index (χ0n) is 7.70. The van der Waals surface area contributed by atoms with Crippen LogP contribution in [0.4, 0.5) is 4.39 Å². The predicted octanol–water partition coefficient (Wildman–Crippen LogP) is 2.52. The summed E-state index contributed by atoms with van der Waals surface area (Å²) in [6.07, 6.45) is 0. The van der Waals surface area contributed by atoms with E-state index in [9.17, 15) is 9.18 Å². The number of carbonyl (C=O) groups is 1. The zero-order valence-corrected chi connectivity index (χ0v) is 7.70. The fourth-order valence-corrected chi connectivity index (χ4v) is 1.36. The minimum absolute atomic E-state index is 0.0493. The number of carboxylic acids is 1. The first kappa shape index (κ1) is 9.45. The molecule has 2 aromatic rings. The van der Waals surface area contributed by atoms with Gasteiger partial charge in [0.05, 0.1) is 0 Å². The monoisotopic (exact) mass is 205 g/mol. The molecule has 0 bridgehead atoms. The van der Waals surface area contributed by atoms with Crippen molar-refractivity contribution in [2.75, 3.05) is 0 Å². The normalized spacial score (nSPS) is 10.2. The number of aromatic amines is 1. The molecule has 1 heterocycles. The van der Waals surface area contributed by atoms with Gasteiger partial charge in [-0.25, -0.2) is 9.18 Å². The van der Waals surface area contributed by atoms with E-state index < -0.39 is 5.97 Å². The molecule has 0 amide bonds. The molecule has 0 aliphatic heterocycles. The maximum absolute atomic E-state index is 13.3. The second-order valence-electron chi connectivity index (χ2n) is 3.07. The van der Waals surface area contributed by atoms with E-state index in [4.69, 9.17) is 5.11 Å².